The van der Waals surface area contributed by atoms with E-state index in [0.29, 0.717) is 15.1 Å². The van der Waals surface area contributed by atoms with Crippen LogP contribution in [0, 0.1) is 5.82 Å². The minimum atomic E-state index is -0.281. The van der Waals surface area contributed by atoms with Crippen LogP contribution in [0.25, 0.3) is 0 Å². The topological polar surface area (TPSA) is 26.0 Å². The van der Waals surface area contributed by atoms with Gasteiger partial charge in [0.1, 0.15) is 5.82 Å². The van der Waals surface area contributed by atoms with Crippen molar-refractivity contribution in [1.82, 2.24) is 0 Å². The summed E-state index contributed by atoms with van der Waals surface area (Å²) < 4.78 is 14.4. The first-order valence-corrected chi connectivity index (χ1v) is 8.63. The first-order valence-electron chi connectivity index (χ1n) is 7.46. The second-order valence-electron chi connectivity index (χ2n) is 5.30. The van der Waals surface area contributed by atoms with Crippen LogP contribution in [-0.4, -0.2) is 0 Å². The SMILES string of the molecule is CCCCCCCCCC(N)c1cc(Cl)c(Br)cc1F. The van der Waals surface area contributed by atoms with Gasteiger partial charge in [0.15, 0.2) is 0 Å². The van der Waals surface area contributed by atoms with Crippen molar-refractivity contribution in [3.05, 3.63) is 33.0 Å². The smallest absolute Gasteiger partial charge is 0.129 e. The summed E-state index contributed by atoms with van der Waals surface area (Å²) in [5, 5.41) is 0.511. The van der Waals surface area contributed by atoms with Crippen molar-refractivity contribution in [3.63, 3.8) is 0 Å². The number of hydrogen-bond donors (Lipinski definition) is 1. The van der Waals surface area contributed by atoms with E-state index in [-0.39, 0.29) is 11.9 Å². The first-order chi connectivity index (χ1) is 9.56. The number of rotatable bonds is 9. The third kappa shape index (κ3) is 6.11. The highest BCUT2D eigenvalue weighted by Gasteiger charge is 2.13. The Labute approximate surface area is 135 Å². The van der Waals surface area contributed by atoms with Crippen LogP contribution in [0.2, 0.25) is 5.02 Å². The molecule has 4 heteroatoms. The molecule has 0 aliphatic rings. The van der Waals surface area contributed by atoms with E-state index in [1.54, 1.807) is 6.07 Å². The van der Waals surface area contributed by atoms with Crippen LogP contribution in [0.1, 0.15) is 69.9 Å². The number of halogens is 3. The maximum absolute atomic E-state index is 13.8. The van der Waals surface area contributed by atoms with Crippen LogP contribution in [-0.2, 0) is 0 Å². The number of nitrogens with two attached hydrogens (primary N) is 1. The Morgan fingerprint density at radius 3 is 2.40 bits per heavy atom. The molecule has 0 saturated carbocycles. The normalized spacial score (nSPS) is 12.7. The van der Waals surface area contributed by atoms with Gasteiger partial charge in [-0.05, 0) is 34.5 Å². The first kappa shape index (κ1) is 17.9. The Morgan fingerprint density at radius 2 is 1.75 bits per heavy atom. The van der Waals surface area contributed by atoms with E-state index in [0.717, 1.165) is 12.8 Å². The lowest BCUT2D eigenvalue weighted by Crippen LogP contribution is -2.12. The largest absolute Gasteiger partial charge is 0.324 e. The van der Waals surface area contributed by atoms with Gasteiger partial charge in [-0.1, -0.05) is 63.5 Å². The summed E-state index contributed by atoms with van der Waals surface area (Å²) in [4.78, 5) is 0. The van der Waals surface area contributed by atoms with Crippen molar-refractivity contribution in [2.75, 3.05) is 0 Å². The molecule has 114 valence electrons. The molecule has 0 spiro atoms. The molecule has 0 heterocycles. The Hall–Kier alpha value is -0.120. The van der Waals surface area contributed by atoms with Crippen molar-refractivity contribution in [1.29, 1.82) is 0 Å². The number of hydrogen-bond acceptors (Lipinski definition) is 1. The van der Waals surface area contributed by atoms with Gasteiger partial charge in [-0.25, -0.2) is 4.39 Å². The summed E-state index contributed by atoms with van der Waals surface area (Å²) in [5.41, 5.74) is 6.58. The van der Waals surface area contributed by atoms with Crippen molar-refractivity contribution < 1.29 is 4.39 Å². The standard InChI is InChI=1S/C16H24BrClFN/c1-2-3-4-5-6-7-8-9-16(20)12-10-14(18)13(17)11-15(12)19/h10-11,16H,2-9,20H2,1H3. The molecule has 1 aromatic carbocycles. The molecule has 1 aromatic rings. The van der Waals surface area contributed by atoms with E-state index >= 15 is 0 Å². The zero-order valence-electron chi connectivity index (χ0n) is 12.1. The second-order valence-corrected chi connectivity index (χ2v) is 6.57. The highest BCUT2D eigenvalue weighted by molar-refractivity contribution is 9.10. The Bertz CT molecular complexity index is 412. The van der Waals surface area contributed by atoms with Crippen LogP contribution in [0.4, 0.5) is 4.39 Å². The summed E-state index contributed by atoms with van der Waals surface area (Å²) in [7, 11) is 0. The molecule has 0 aliphatic carbocycles. The molecular formula is C16H24BrClFN. The van der Waals surface area contributed by atoms with E-state index in [9.17, 15) is 4.39 Å². The Morgan fingerprint density at radius 1 is 1.15 bits per heavy atom. The molecule has 0 aliphatic heterocycles. The second kappa shape index (κ2) is 9.75. The van der Waals surface area contributed by atoms with E-state index in [1.807, 2.05) is 0 Å². The lowest BCUT2D eigenvalue weighted by molar-refractivity contribution is 0.520. The van der Waals surface area contributed by atoms with Crippen LogP contribution < -0.4 is 5.73 Å². The number of unbranched alkanes of at least 4 members (excludes halogenated alkanes) is 6. The molecular weight excluding hydrogens is 341 g/mol. The van der Waals surface area contributed by atoms with Gasteiger partial charge < -0.3 is 5.73 Å². The van der Waals surface area contributed by atoms with Gasteiger partial charge in [-0.15, -0.1) is 0 Å². The van der Waals surface area contributed by atoms with E-state index in [2.05, 4.69) is 22.9 Å². The maximum atomic E-state index is 13.8. The molecule has 0 radical (unpaired) electrons. The highest BCUT2D eigenvalue weighted by atomic mass is 79.9. The molecule has 20 heavy (non-hydrogen) atoms. The zero-order chi connectivity index (χ0) is 15.0. The van der Waals surface area contributed by atoms with Crippen molar-refractivity contribution in [2.24, 2.45) is 5.73 Å². The van der Waals surface area contributed by atoms with E-state index in [1.165, 1.54) is 44.6 Å². The summed E-state index contributed by atoms with van der Waals surface area (Å²) >= 11 is 9.20. The van der Waals surface area contributed by atoms with Gasteiger partial charge >= 0.3 is 0 Å². The quantitative estimate of drug-likeness (QED) is 0.399. The average molecular weight is 365 g/mol. The predicted octanol–water partition coefficient (Wildman–Crippen LogP) is 6.38. The fraction of sp³-hybridized carbons (Fsp3) is 0.625. The molecule has 0 amide bonds. The zero-order valence-corrected chi connectivity index (χ0v) is 14.4. The lowest BCUT2D eigenvalue weighted by atomic mass is 10.00. The lowest BCUT2D eigenvalue weighted by Gasteiger charge is -2.14. The minimum Gasteiger partial charge on any atom is -0.324 e. The van der Waals surface area contributed by atoms with Gasteiger partial charge in [0, 0.05) is 16.1 Å². The molecule has 1 nitrogen and oxygen atoms in total. The van der Waals surface area contributed by atoms with E-state index < -0.39 is 0 Å². The third-order valence-electron chi connectivity index (χ3n) is 3.56. The van der Waals surface area contributed by atoms with Gasteiger partial charge in [0.05, 0.1) is 5.02 Å². The monoisotopic (exact) mass is 363 g/mol. The van der Waals surface area contributed by atoms with Gasteiger partial charge in [0.25, 0.3) is 0 Å². The summed E-state index contributed by atoms with van der Waals surface area (Å²) in [5.74, 6) is -0.281. The van der Waals surface area contributed by atoms with Gasteiger partial charge in [-0.2, -0.15) is 0 Å². The van der Waals surface area contributed by atoms with E-state index in [4.69, 9.17) is 17.3 Å². The maximum Gasteiger partial charge on any atom is 0.129 e. The molecule has 0 bridgehead atoms. The number of benzene rings is 1. The Kier molecular flexibility index (Phi) is 8.74. The van der Waals surface area contributed by atoms with Gasteiger partial charge in [-0.3, -0.25) is 0 Å². The fourth-order valence-corrected chi connectivity index (χ4v) is 2.79. The van der Waals surface area contributed by atoms with Crippen molar-refractivity contribution >= 4 is 27.5 Å². The van der Waals surface area contributed by atoms with Crippen molar-refractivity contribution in [3.8, 4) is 0 Å². The fourth-order valence-electron chi connectivity index (χ4n) is 2.30. The van der Waals surface area contributed by atoms with Crippen LogP contribution >= 0.6 is 27.5 Å². The summed E-state index contributed by atoms with van der Waals surface area (Å²) in [6.45, 7) is 2.22. The molecule has 1 rings (SSSR count). The highest BCUT2D eigenvalue weighted by Crippen LogP contribution is 2.29. The summed E-state index contributed by atoms with van der Waals surface area (Å²) in [6.07, 6.45) is 9.47. The van der Waals surface area contributed by atoms with Gasteiger partial charge in [0.2, 0.25) is 0 Å². The molecule has 0 aromatic heterocycles. The summed E-state index contributed by atoms with van der Waals surface area (Å²) in [6, 6.07) is 2.76. The minimum absolute atomic E-state index is 0.267. The molecule has 1 unspecified atom stereocenters. The predicted molar refractivity (Wildman–Crippen MR) is 88.6 cm³/mol. The van der Waals surface area contributed by atoms with Crippen molar-refractivity contribution in [2.45, 2.75) is 64.3 Å². The molecule has 0 fully saturated rings. The van der Waals surface area contributed by atoms with Crippen LogP contribution in [0.3, 0.4) is 0 Å². The third-order valence-corrected chi connectivity index (χ3v) is 4.75. The molecule has 2 N–H and O–H groups in total. The van der Waals surface area contributed by atoms with Crippen LogP contribution in [0.5, 0.6) is 0 Å². The average Bonchev–Trinajstić information content (AvgIpc) is 2.41. The molecule has 1 atom stereocenters. The molecule has 0 saturated heterocycles. The van der Waals surface area contributed by atoms with Crippen LogP contribution in [0.15, 0.2) is 16.6 Å². The Balaban J connectivity index is 2.32.